The molecule has 3 aromatic carbocycles. The maximum absolute atomic E-state index is 13.8. The van der Waals surface area contributed by atoms with E-state index in [4.69, 9.17) is 4.18 Å². The zero-order chi connectivity index (χ0) is 22.9. The third kappa shape index (κ3) is 4.46. The topological polar surface area (TPSA) is 68.5 Å². The maximum atomic E-state index is 13.8. The number of aryl methyl sites for hydroxylation is 2. The van der Waals surface area contributed by atoms with Crippen molar-refractivity contribution < 1.29 is 22.1 Å². The van der Waals surface area contributed by atoms with Crippen LogP contribution in [0.4, 0.5) is 4.39 Å². The monoisotopic (exact) mass is 453 g/mol. The largest absolute Gasteiger partial charge is 0.388 e. The summed E-state index contributed by atoms with van der Waals surface area (Å²) in [4.78, 5) is 0.0318. The van der Waals surface area contributed by atoms with Crippen molar-refractivity contribution in [2.45, 2.75) is 30.9 Å². The molecule has 0 aliphatic heterocycles. The predicted molar refractivity (Wildman–Crippen MR) is 122 cm³/mol. The van der Waals surface area contributed by atoms with Crippen LogP contribution in [0.1, 0.15) is 22.7 Å². The Morgan fingerprint density at radius 1 is 1.00 bits per heavy atom. The van der Waals surface area contributed by atoms with E-state index in [9.17, 15) is 17.9 Å². The van der Waals surface area contributed by atoms with Crippen molar-refractivity contribution in [1.29, 1.82) is 0 Å². The van der Waals surface area contributed by atoms with Crippen LogP contribution in [0.15, 0.2) is 83.9 Å². The zero-order valence-corrected chi connectivity index (χ0v) is 18.6. The summed E-state index contributed by atoms with van der Waals surface area (Å²) in [6.07, 6.45) is 0.650. The van der Waals surface area contributed by atoms with Gasteiger partial charge >= 0.3 is 0 Å². The van der Waals surface area contributed by atoms with Gasteiger partial charge in [-0.3, -0.25) is 4.18 Å². The van der Waals surface area contributed by atoms with Gasteiger partial charge in [-0.15, -0.1) is 0 Å². The van der Waals surface area contributed by atoms with Crippen LogP contribution >= 0.6 is 0 Å². The number of hydrogen-bond acceptors (Lipinski definition) is 4. The van der Waals surface area contributed by atoms with E-state index in [1.807, 2.05) is 54.9 Å². The lowest BCUT2D eigenvalue weighted by Crippen LogP contribution is -2.30. The van der Waals surface area contributed by atoms with Gasteiger partial charge in [-0.25, -0.2) is 4.39 Å². The van der Waals surface area contributed by atoms with E-state index >= 15 is 0 Å². The Morgan fingerprint density at radius 2 is 1.69 bits per heavy atom. The molecular weight excluding hydrogens is 429 g/mol. The number of aliphatic hydroxyl groups is 1. The fourth-order valence-corrected chi connectivity index (χ4v) is 4.79. The highest BCUT2D eigenvalue weighted by atomic mass is 32.2. The number of rotatable bonds is 7. The summed E-state index contributed by atoms with van der Waals surface area (Å²) in [5.74, 6) is -0.345. The molecule has 0 aliphatic rings. The molecule has 7 heteroatoms. The number of hydrogen-bond donors (Lipinski definition) is 1. The first kappa shape index (κ1) is 22.2. The Balaban J connectivity index is 1.68. The molecule has 166 valence electrons. The molecular formula is C25H24FNO4S. The maximum Gasteiger partial charge on any atom is 0.297 e. The second-order valence-electron chi connectivity index (χ2n) is 7.86. The van der Waals surface area contributed by atoms with Crippen LogP contribution in [0.25, 0.3) is 10.9 Å². The Kier molecular flexibility index (Phi) is 6.15. The molecule has 5 nitrogen and oxygen atoms in total. The molecule has 32 heavy (non-hydrogen) atoms. The number of aliphatic hydroxyl groups excluding tert-OH is 1. The van der Waals surface area contributed by atoms with Gasteiger partial charge in [0.1, 0.15) is 11.9 Å². The normalized spacial score (nSPS) is 13.9. The van der Waals surface area contributed by atoms with E-state index < -0.39 is 28.9 Å². The molecule has 0 saturated carbocycles. The minimum absolute atomic E-state index is 0.0318. The van der Waals surface area contributed by atoms with Crippen molar-refractivity contribution in [3.63, 3.8) is 0 Å². The summed E-state index contributed by atoms with van der Waals surface area (Å²) in [6.45, 7) is 3.29. The highest BCUT2D eigenvalue weighted by Crippen LogP contribution is 2.31. The lowest BCUT2D eigenvalue weighted by molar-refractivity contribution is 0.0785. The van der Waals surface area contributed by atoms with Crippen LogP contribution in [0, 0.1) is 19.7 Å². The second kappa shape index (κ2) is 8.86. The van der Waals surface area contributed by atoms with E-state index in [0.29, 0.717) is 0 Å². The Labute approximate surface area is 186 Å². The third-order valence-electron chi connectivity index (χ3n) is 5.50. The van der Waals surface area contributed by atoms with Crippen molar-refractivity contribution in [2.24, 2.45) is 0 Å². The predicted octanol–water partition coefficient (Wildman–Crippen LogP) is 4.75. The molecule has 0 fully saturated rings. The lowest BCUT2D eigenvalue weighted by Gasteiger charge is -2.26. The zero-order valence-electron chi connectivity index (χ0n) is 17.8. The highest BCUT2D eigenvalue weighted by molar-refractivity contribution is 7.86. The Hall–Kier alpha value is -3.00. The van der Waals surface area contributed by atoms with Crippen molar-refractivity contribution in [3.8, 4) is 0 Å². The Morgan fingerprint density at radius 3 is 2.38 bits per heavy atom. The number of benzene rings is 3. The summed E-state index contributed by atoms with van der Waals surface area (Å²) in [5, 5.41) is 11.8. The molecule has 4 rings (SSSR count). The summed E-state index contributed by atoms with van der Waals surface area (Å²) < 4.78 is 46.1. The third-order valence-corrected chi connectivity index (χ3v) is 6.80. The molecule has 1 N–H and O–H groups in total. The van der Waals surface area contributed by atoms with Crippen molar-refractivity contribution in [3.05, 3.63) is 102 Å². The smallest absolute Gasteiger partial charge is 0.297 e. The molecule has 0 saturated heterocycles. The van der Waals surface area contributed by atoms with Crippen LogP contribution in [0.3, 0.4) is 0 Å². The van der Waals surface area contributed by atoms with Crippen LogP contribution in [-0.4, -0.2) is 30.8 Å². The first-order valence-electron chi connectivity index (χ1n) is 10.2. The molecule has 0 radical (unpaired) electrons. The van der Waals surface area contributed by atoms with Crippen molar-refractivity contribution in [2.75, 3.05) is 6.61 Å². The van der Waals surface area contributed by atoms with Gasteiger partial charge in [-0.05, 0) is 55.3 Å². The van der Waals surface area contributed by atoms with E-state index in [1.165, 1.54) is 24.3 Å². The molecule has 1 heterocycles. The van der Waals surface area contributed by atoms with E-state index in [-0.39, 0.29) is 10.7 Å². The quantitative estimate of drug-likeness (QED) is 0.410. The molecule has 0 spiro atoms. The van der Waals surface area contributed by atoms with Gasteiger partial charge in [0.25, 0.3) is 10.1 Å². The number of nitrogens with zero attached hydrogens (tertiary/aromatic N) is 1. The standard InChI is InChI=1S/C25H24FNO4S/c1-17-8-11-21(12-9-17)32(29,30)31-16-24(28)25(19-6-4-3-5-7-19)27-15-18(2)22-14-20(26)10-13-23(22)27/h3-15,24-25,28H,16H2,1-2H3/t24-,25+/m1/s1. The Bertz CT molecular complexity index is 1330. The van der Waals surface area contributed by atoms with E-state index in [0.717, 1.165) is 27.6 Å². The van der Waals surface area contributed by atoms with Crippen LogP contribution in [0.5, 0.6) is 0 Å². The minimum Gasteiger partial charge on any atom is -0.388 e. The van der Waals surface area contributed by atoms with Gasteiger partial charge < -0.3 is 9.67 Å². The molecule has 0 unspecified atom stereocenters. The lowest BCUT2D eigenvalue weighted by atomic mass is 10.0. The molecule has 2 atom stereocenters. The van der Waals surface area contributed by atoms with Gasteiger partial charge in [0.05, 0.1) is 17.5 Å². The fourth-order valence-electron chi connectivity index (χ4n) is 3.87. The number of fused-ring (bicyclic) bond motifs is 1. The van der Waals surface area contributed by atoms with Crippen molar-refractivity contribution >= 4 is 21.0 Å². The number of aromatic nitrogens is 1. The van der Waals surface area contributed by atoms with Gasteiger partial charge in [-0.1, -0.05) is 48.0 Å². The van der Waals surface area contributed by atoms with Gasteiger partial charge in [0.2, 0.25) is 0 Å². The van der Waals surface area contributed by atoms with Crippen LogP contribution in [0.2, 0.25) is 0 Å². The molecule has 4 aromatic rings. The minimum atomic E-state index is -4.03. The second-order valence-corrected chi connectivity index (χ2v) is 9.47. The molecule has 0 aliphatic carbocycles. The molecule has 0 amide bonds. The fraction of sp³-hybridized carbons (Fsp3) is 0.200. The highest BCUT2D eigenvalue weighted by Gasteiger charge is 2.27. The summed E-state index contributed by atoms with van der Waals surface area (Å²) >= 11 is 0. The average molecular weight is 454 g/mol. The first-order valence-corrected chi connectivity index (χ1v) is 11.6. The van der Waals surface area contributed by atoms with Gasteiger partial charge in [0.15, 0.2) is 0 Å². The summed E-state index contributed by atoms with van der Waals surface area (Å²) in [5.41, 5.74) is 3.29. The van der Waals surface area contributed by atoms with Crippen LogP contribution < -0.4 is 0 Å². The SMILES string of the molecule is Cc1ccc(S(=O)(=O)OC[C@@H](O)[C@H](c2ccccc2)n2cc(C)c3cc(F)ccc32)cc1. The molecule has 1 aromatic heterocycles. The van der Waals surface area contributed by atoms with Crippen molar-refractivity contribution in [1.82, 2.24) is 4.57 Å². The first-order chi connectivity index (χ1) is 15.3. The van der Waals surface area contributed by atoms with Crippen LogP contribution in [-0.2, 0) is 14.3 Å². The molecule has 0 bridgehead atoms. The van der Waals surface area contributed by atoms with E-state index in [2.05, 4.69) is 0 Å². The average Bonchev–Trinajstić information content (AvgIpc) is 3.09. The summed E-state index contributed by atoms with van der Waals surface area (Å²) in [7, 11) is -4.03. The van der Waals surface area contributed by atoms with Gasteiger partial charge in [-0.2, -0.15) is 8.42 Å². The van der Waals surface area contributed by atoms with E-state index in [1.54, 1.807) is 18.2 Å². The number of halogens is 1. The van der Waals surface area contributed by atoms with Gasteiger partial charge in [0, 0.05) is 17.1 Å². The summed E-state index contributed by atoms with van der Waals surface area (Å²) in [6, 6.07) is 19.4.